The largest absolute Gasteiger partial charge is 0.378 e. The van der Waals surface area contributed by atoms with Gasteiger partial charge in [0.15, 0.2) is 0 Å². The molecule has 0 radical (unpaired) electrons. The third kappa shape index (κ3) is 2.43. The molecule has 3 rings (SSSR count). The van der Waals surface area contributed by atoms with Gasteiger partial charge in [-0.1, -0.05) is 12.1 Å². The van der Waals surface area contributed by atoms with Gasteiger partial charge >= 0.3 is 0 Å². The Morgan fingerprint density at radius 3 is 2.89 bits per heavy atom. The van der Waals surface area contributed by atoms with Crippen LogP contribution in [0.1, 0.15) is 0 Å². The number of fused-ring (bicyclic) bond motifs is 1. The number of nitrogens with zero attached hydrogens (tertiary/aromatic N) is 2. The summed E-state index contributed by atoms with van der Waals surface area (Å²) in [6, 6.07) is 8.26. The molecule has 5 nitrogen and oxygen atoms in total. The smallest absolute Gasteiger partial charge is 0.246 e. The molecule has 0 aromatic heterocycles. The summed E-state index contributed by atoms with van der Waals surface area (Å²) in [6.07, 6.45) is 0. The topological polar surface area (TPSA) is 44.8 Å². The molecule has 1 unspecified atom stereocenters. The number of hydrogen-bond acceptors (Lipinski definition) is 4. The summed E-state index contributed by atoms with van der Waals surface area (Å²) in [5, 5.41) is 3.40. The molecule has 19 heavy (non-hydrogen) atoms. The lowest BCUT2D eigenvalue weighted by molar-refractivity contribution is -0.117. The highest BCUT2D eigenvalue weighted by atomic mass is 16.5. The number of amides is 1. The Labute approximate surface area is 113 Å². The van der Waals surface area contributed by atoms with Crippen molar-refractivity contribution in [3.8, 4) is 0 Å². The van der Waals surface area contributed by atoms with Crippen LogP contribution in [0.2, 0.25) is 0 Å². The van der Waals surface area contributed by atoms with Crippen LogP contribution in [-0.2, 0) is 9.53 Å². The van der Waals surface area contributed by atoms with Crippen LogP contribution in [0, 0.1) is 0 Å². The monoisotopic (exact) mass is 261 g/mol. The molecule has 5 heteroatoms. The third-order valence-electron chi connectivity index (χ3n) is 3.66. The maximum atomic E-state index is 12.3. The second-order valence-corrected chi connectivity index (χ2v) is 5.08. The minimum Gasteiger partial charge on any atom is -0.378 e. The number of morpholine rings is 1. The van der Waals surface area contributed by atoms with Gasteiger partial charge in [0.1, 0.15) is 0 Å². The number of ether oxygens (including phenoxy) is 1. The summed E-state index contributed by atoms with van der Waals surface area (Å²) >= 11 is 0. The second kappa shape index (κ2) is 5.19. The number of para-hydroxylation sites is 2. The van der Waals surface area contributed by atoms with Crippen molar-refractivity contribution in [2.45, 2.75) is 6.04 Å². The van der Waals surface area contributed by atoms with Gasteiger partial charge in [-0.2, -0.15) is 0 Å². The minimum absolute atomic E-state index is 0.147. The number of hydrogen-bond donors (Lipinski definition) is 1. The molecule has 0 aliphatic carbocycles. The van der Waals surface area contributed by atoms with Crippen LogP contribution in [0.4, 0.5) is 11.4 Å². The van der Waals surface area contributed by atoms with Gasteiger partial charge in [-0.15, -0.1) is 0 Å². The molecule has 1 amide bonds. The Kier molecular flexibility index (Phi) is 3.40. The van der Waals surface area contributed by atoms with Gasteiger partial charge in [0.05, 0.1) is 31.1 Å². The van der Waals surface area contributed by atoms with E-state index in [0.29, 0.717) is 19.7 Å². The Morgan fingerprint density at radius 2 is 2.16 bits per heavy atom. The maximum Gasteiger partial charge on any atom is 0.246 e. The number of carbonyl (C=O) groups excluding carboxylic acids is 1. The fourth-order valence-corrected chi connectivity index (χ4v) is 2.68. The molecule has 0 saturated carbocycles. The van der Waals surface area contributed by atoms with Crippen molar-refractivity contribution in [2.24, 2.45) is 0 Å². The highest BCUT2D eigenvalue weighted by molar-refractivity contribution is 6.03. The van der Waals surface area contributed by atoms with Gasteiger partial charge < -0.3 is 19.9 Å². The molecular weight excluding hydrogens is 242 g/mol. The molecule has 2 heterocycles. The van der Waals surface area contributed by atoms with E-state index < -0.39 is 0 Å². The van der Waals surface area contributed by atoms with E-state index in [0.717, 1.165) is 24.5 Å². The van der Waals surface area contributed by atoms with Crippen LogP contribution in [0.25, 0.3) is 0 Å². The van der Waals surface area contributed by atoms with E-state index in [1.54, 1.807) is 0 Å². The zero-order valence-corrected chi connectivity index (χ0v) is 11.1. The van der Waals surface area contributed by atoms with Gasteiger partial charge in [0.2, 0.25) is 5.91 Å². The maximum absolute atomic E-state index is 12.3. The Hall–Kier alpha value is -1.59. The zero-order valence-electron chi connectivity index (χ0n) is 11.1. The fourth-order valence-electron chi connectivity index (χ4n) is 2.68. The summed E-state index contributed by atoms with van der Waals surface area (Å²) < 4.78 is 5.46. The molecular formula is C14H19N3O2. The van der Waals surface area contributed by atoms with Crippen molar-refractivity contribution in [2.75, 3.05) is 49.7 Å². The quantitative estimate of drug-likeness (QED) is 0.840. The Morgan fingerprint density at radius 1 is 1.37 bits per heavy atom. The molecule has 1 aromatic carbocycles. The predicted molar refractivity (Wildman–Crippen MR) is 74.7 cm³/mol. The van der Waals surface area contributed by atoms with Gasteiger partial charge in [-0.3, -0.25) is 4.79 Å². The molecule has 1 saturated heterocycles. The summed E-state index contributed by atoms with van der Waals surface area (Å²) in [6.45, 7) is 3.38. The summed E-state index contributed by atoms with van der Waals surface area (Å²) in [5.41, 5.74) is 2.10. The minimum atomic E-state index is 0.147. The normalized spacial score (nSPS) is 23.4. The number of nitrogens with one attached hydrogen (secondary N) is 1. The fraction of sp³-hybridized carbons (Fsp3) is 0.500. The van der Waals surface area contributed by atoms with Crippen LogP contribution in [-0.4, -0.2) is 51.8 Å². The molecule has 1 N–H and O–H groups in total. The van der Waals surface area contributed by atoms with Crippen molar-refractivity contribution < 1.29 is 9.53 Å². The average Bonchev–Trinajstić information content (AvgIpc) is 2.45. The van der Waals surface area contributed by atoms with E-state index in [-0.39, 0.29) is 11.9 Å². The molecule has 102 valence electrons. The lowest BCUT2D eigenvalue weighted by Gasteiger charge is -2.37. The first-order valence-corrected chi connectivity index (χ1v) is 6.67. The van der Waals surface area contributed by atoms with Crippen LogP contribution in [0.5, 0.6) is 0 Å². The van der Waals surface area contributed by atoms with Crippen LogP contribution in [0.3, 0.4) is 0 Å². The van der Waals surface area contributed by atoms with E-state index in [2.05, 4.69) is 11.4 Å². The lowest BCUT2D eigenvalue weighted by atomic mass is 10.1. The van der Waals surface area contributed by atoms with Crippen LogP contribution < -0.4 is 15.1 Å². The third-order valence-corrected chi connectivity index (χ3v) is 3.66. The molecule has 2 aliphatic rings. The molecule has 1 fully saturated rings. The van der Waals surface area contributed by atoms with Crippen LogP contribution in [0.15, 0.2) is 24.3 Å². The molecule has 2 aliphatic heterocycles. The van der Waals surface area contributed by atoms with Crippen molar-refractivity contribution in [1.82, 2.24) is 5.32 Å². The highest BCUT2D eigenvalue weighted by Gasteiger charge is 2.29. The average molecular weight is 261 g/mol. The first-order chi connectivity index (χ1) is 9.25. The number of carbonyl (C=O) groups is 1. The van der Waals surface area contributed by atoms with Gasteiger partial charge in [0.25, 0.3) is 0 Å². The number of rotatable bonds is 2. The predicted octanol–water partition coefficient (Wildman–Crippen LogP) is 0.458. The SMILES string of the molecule is CN1CC(=O)N(CC2COCCN2)c2ccccc21. The van der Waals surface area contributed by atoms with Crippen molar-refractivity contribution in [3.05, 3.63) is 24.3 Å². The number of anilines is 2. The van der Waals surface area contributed by atoms with E-state index in [4.69, 9.17) is 4.74 Å². The van der Waals surface area contributed by atoms with E-state index in [1.165, 1.54) is 0 Å². The number of benzene rings is 1. The summed E-state index contributed by atoms with van der Waals surface area (Å²) in [4.78, 5) is 16.1. The van der Waals surface area contributed by atoms with Crippen molar-refractivity contribution in [1.29, 1.82) is 0 Å². The van der Waals surface area contributed by atoms with Crippen molar-refractivity contribution >= 4 is 17.3 Å². The highest BCUT2D eigenvalue weighted by Crippen LogP contribution is 2.32. The van der Waals surface area contributed by atoms with Crippen LogP contribution >= 0.6 is 0 Å². The summed E-state index contributed by atoms with van der Waals surface area (Å²) in [7, 11) is 1.95. The summed E-state index contributed by atoms with van der Waals surface area (Å²) in [5.74, 6) is 0.147. The van der Waals surface area contributed by atoms with Gasteiger partial charge in [-0.25, -0.2) is 0 Å². The van der Waals surface area contributed by atoms with Gasteiger partial charge in [-0.05, 0) is 12.1 Å². The molecule has 1 atom stereocenters. The van der Waals surface area contributed by atoms with E-state index in [9.17, 15) is 4.79 Å². The first-order valence-electron chi connectivity index (χ1n) is 6.67. The molecule has 1 aromatic rings. The standard InChI is InChI=1S/C14H19N3O2/c1-16-9-14(18)17(8-11-10-19-7-6-15-11)13-5-3-2-4-12(13)16/h2-5,11,15H,6-10H2,1H3. The first kappa shape index (κ1) is 12.4. The zero-order chi connectivity index (χ0) is 13.2. The molecule has 0 spiro atoms. The van der Waals surface area contributed by atoms with E-state index >= 15 is 0 Å². The van der Waals surface area contributed by atoms with Gasteiger partial charge in [0, 0.05) is 26.2 Å². The Balaban J connectivity index is 1.83. The van der Waals surface area contributed by atoms with Crippen molar-refractivity contribution in [3.63, 3.8) is 0 Å². The Bertz CT molecular complexity index is 472. The molecule has 0 bridgehead atoms. The lowest BCUT2D eigenvalue weighted by Crippen LogP contribution is -2.53. The van der Waals surface area contributed by atoms with E-state index in [1.807, 2.05) is 35.0 Å². The number of likely N-dealkylation sites (N-methyl/N-ethyl adjacent to an activating group) is 1. The second-order valence-electron chi connectivity index (χ2n) is 5.08.